The van der Waals surface area contributed by atoms with Crippen molar-refractivity contribution in [3.8, 4) is 22.8 Å². The van der Waals surface area contributed by atoms with Crippen LogP contribution in [0.25, 0.3) is 11.3 Å². The fraction of sp³-hybridized carbons (Fsp3) is 0.207. The van der Waals surface area contributed by atoms with Crippen LogP contribution in [0.3, 0.4) is 0 Å². The smallest absolute Gasteiger partial charge is 0.255 e. The van der Waals surface area contributed by atoms with Gasteiger partial charge < -0.3 is 20.1 Å². The number of anilines is 1. The molecule has 1 heterocycles. The van der Waals surface area contributed by atoms with Crippen molar-refractivity contribution < 1.29 is 19.1 Å². The van der Waals surface area contributed by atoms with Gasteiger partial charge in [-0.3, -0.25) is 14.7 Å². The number of amides is 2. The van der Waals surface area contributed by atoms with E-state index in [9.17, 15) is 9.59 Å². The third kappa shape index (κ3) is 5.81. The van der Waals surface area contributed by atoms with Crippen LogP contribution in [-0.4, -0.2) is 42.8 Å². The highest BCUT2D eigenvalue weighted by atomic mass is 16.5. The molecule has 4 aromatic rings. The van der Waals surface area contributed by atoms with E-state index in [1.54, 1.807) is 31.5 Å². The van der Waals surface area contributed by atoms with Crippen molar-refractivity contribution in [2.45, 2.75) is 19.3 Å². The Kier molecular flexibility index (Phi) is 7.57. The van der Waals surface area contributed by atoms with Gasteiger partial charge in [-0.25, -0.2) is 0 Å². The first-order chi connectivity index (χ1) is 17.8. The average molecular weight is 499 g/mol. The molecule has 0 aliphatic rings. The Morgan fingerprint density at radius 3 is 2.27 bits per heavy atom. The van der Waals surface area contributed by atoms with E-state index >= 15 is 0 Å². The normalized spacial score (nSPS) is 11.0. The third-order valence-electron chi connectivity index (χ3n) is 6.21. The first kappa shape index (κ1) is 25.5. The van der Waals surface area contributed by atoms with Gasteiger partial charge in [0.1, 0.15) is 0 Å². The zero-order chi connectivity index (χ0) is 26.4. The number of methoxy groups -OCH3 is 2. The van der Waals surface area contributed by atoms with Gasteiger partial charge in [0.25, 0.3) is 11.8 Å². The zero-order valence-corrected chi connectivity index (χ0v) is 21.3. The molecule has 1 aromatic heterocycles. The van der Waals surface area contributed by atoms with Crippen molar-refractivity contribution in [3.05, 3.63) is 95.7 Å². The molecule has 8 heteroatoms. The number of H-pyrrole nitrogens is 1. The second-order valence-electron chi connectivity index (χ2n) is 9.19. The van der Waals surface area contributed by atoms with Crippen molar-refractivity contribution >= 4 is 17.5 Å². The maximum absolute atomic E-state index is 12.9. The van der Waals surface area contributed by atoms with Crippen LogP contribution in [0.5, 0.6) is 11.5 Å². The second-order valence-corrected chi connectivity index (χ2v) is 9.19. The fourth-order valence-corrected chi connectivity index (χ4v) is 3.97. The highest BCUT2D eigenvalue weighted by Gasteiger charge is 2.23. The molecule has 0 saturated heterocycles. The minimum Gasteiger partial charge on any atom is -0.493 e. The van der Waals surface area contributed by atoms with Crippen molar-refractivity contribution in [2.75, 3.05) is 26.1 Å². The minimum absolute atomic E-state index is 0.195. The van der Waals surface area contributed by atoms with Crippen LogP contribution in [0, 0.1) is 0 Å². The molecule has 0 saturated carbocycles. The van der Waals surface area contributed by atoms with Crippen LogP contribution in [0.2, 0.25) is 0 Å². The van der Waals surface area contributed by atoms with Gasteiger partial charge in [0.2, 0.25) is 0 Å². The first-order valence-corrected chi connectivity index (χ1v) is 11.8. The number of hydrogen-bond acceptors (Lipinski definition) is 5. The Balaban J connectivity index is 1.39. The SMILES string of the molecule is COc1ccc(C(=O)Nc2ccc(C(C)(C)CNC(=O)c3cn[nH]c3-c3ccccc3)cc2)cc1OC. The third-order valence-corrected chi connectivity index (χ3v) is 6.21. The van der Waals surface area contributed by atoms with Crippen molar-refractivity contribution in [3.63, 3.8) is 0 Å². The van der Waals surface area contributed by atoms with Crippen LogP contribution >= 0.6 is 0 Å². The van der Waals surface area contributed by atoms with E-state index in [2.05, 4.69) is 34.7 Å². The summed E-state index contributed by atoms with van der Waals surface area (Å²) < 4.78 is 10.5. The Morgan fingerprint density at radius 2 is 1.59 bits per heavy atom. The van der Waals surface area contributed by atoms with Gasteiger partial charge in [-0.15, -0.1) is 0 Å². The molecule has 0 atom stereocenters. The van der Waals surface area contributed by atoms with Crippen molar-refractivity contribution in [2.24, 2.45) is 0 Å². The molecule has 3 aromatic carbocycles. The molecular formula is C29H30N4O4. The van der Waals surface area contributed by atoms with E-state index < -0.39 is 0 Å². The number of hydrogen-bond donors (Lipinski definition) is 3. The van der Waals surface area contributed by atoms with E-state index in [0.29, 0.717) is 40.6 Å². The molecule has 0 fully saturated rings. The quantitative estimate of drug-likeness (QED) is 0.299. The topological polar surface area (TPSA) is 105 Å². The lowest BCUT2D eigenvalue weighted by molar-refractivity contribution is 0.0945. The Bertz CT molecular complexity index is 1380. The molecule has 0 spiro atoms. The van der Waals surface area contributed by atoms with Crippen LogP contribution in [0.4, 0.5) is 5.69 Å². The zero-order valence-electron chi connectivity index (χ0n) is 21.3. The molecule has 3 N–H and O–H groups in total. The Hall–Kier alpha value is -4.59. The summed E-state index contributed by atoms with van der Waals surface area (Å²) in [5.41, 5.74) is 3.87. The van der Waals surface area contributed by atoms with Gasteiger partial charge in [-0.05, 0) is 35.9 Å². The lowest BCUT2D eigenvalue weighted by Crippen LogP contribution is -2.36. The number of carbonyl (C=O) groups excluding carboxylic acids is 2. The van der Waals surface area contributed by atoms with Gasteiger partial charge in [0.05, 0.1) is 31.7 Å². The standard InChI is InChI=1S/C29H30N4O4/c1-29(2,18-30-28(35)23-17-31-33-26(23)19-8-6-5-7-9-19)21-11-13-22(14-12-21)32-27(34)20-10-15-24(36-3)25(16-20)37-4/h5-17H,18H2,1-4H3,(H,30,35)(H,31,33)(H,32,34). The summed E-state index contributed by atoms with van der Waals surface area (Å²) in [6.07, 6.45) is 1.54. The summed E-state index contributed by atoms with van der Waals surface area (Å²) in [4.78, 5) is 25.7. The number of aromatic amines is 1. The van der Waals surface area contributed by atoms with E-state index in [0.717, 1.165) is 11.1 Å². The Labute approximate surface area is 216 Å². The van der Waals surface area contributed by atoms with Crippen molar-refractivity contribution in [1.82, 2.24) is 15.5 Å². The molecular weight excluding hydrogens is 468 g/mol. The number of nitrogens with zero attached hydrogens (tertiary/aromatic N) is 1. The lowest BCUT2D eigenvalue weighted by Gasteiger charge is -2.26. The van der Waals surface area contributed by atoms with Gasteiger partial charge in [0.15, 0.2) is 11.5 Å². The molecule has 190 valence electrons. The van der Waals surface area contributed by atoms with Gasteiger partial charge in [0, 0.05) is 28.8 Å². The maximum Gasteiger partial charge on any atom is 0.255 e. The van der Waals surface area contributed by atoms with E-state index in [-0.39, 0.29) is 17.2 Å². The number of benzene rings is 3. The van der Waals surface area contributed by atoms with Crippen LogP contribution in [0.15, 0.2) is 79.0 Å². The fourth-order valence-electron chi connectivity index (χ4n) is 3.97. The number of rotatable bonds is 9. The van der Waals surface area contributed by atoms with Gasteiger partial charge in [-0.1, -0.05) is 56.3 Å². The molecule has 0 radical (unpaired) electrons. The van der Waals surface area contributed by atoms with E-state index in [1.807, 2.05) is 54.6 Å². The molecule has 0 aliphatic heterocycles. The second kappa shape index (κ2) is 11.0. The summed E-state index contributed by atoms with van der Waals surface area (Å²) in [6.45, 7) is 4.53. The van der Waals surface area contributed by atoms with E-state index in [4.69, 9.17) is 9.47 Å². The summed E-state index contributed by atoms with van der Waals surface area (Å²) in [6, 6.07) is 22.2. The van der Waals surface area contributed by atoms with Gasteiger partial charge >= 0.3 is 0 Å². The molecule has 0 unspecified atom stereocenters. The van der Waals surface area contributed by atoms with E-state index in [1.165, 1.54) is 7.11 Å². The largest absolute Gasteiger partial charge is 0.493 e. The summed E-state index contributed by atoms with van der Waals surface area (Å²) >= 11 is 0. The highest BCUT2D eigenvalue weighted by molar-refractivity contribution is 6.04. The molecule has 8 nitrogen and oxygen atoms in total. The minimum atomic E-state index is -0.349. The monoisotopic (exact) mass is 498 g/mol. The van der Waals surface area contributed by atoms with Crippen LogP contribution in [0.1, 0.15) is 40.1 Å². The van der Waals surface area contributed by atoms with Crippen LogP contribution in [-0.2, 0) is 5.41 Å². The number of aromatic nitrogens is 2. The summed E-state index contributed by atoms with van der Waals surface area (Å²) in [5, 5.41) is 12.9. The van der Waals surface area contributed by atoms with Crippen molar-refractivity contribution in [1.29, 1.82) is 0 Å². The molecule has 4 rings (SSSR count). The average Bonchev–Trinajstić information content (AvgIpc) is 3.42. The molecule has 0 aliphatic carbocycles. The number of nitrogens with one attached hydrogen (secondary N) is 3. The predicted octanol–water partition coefficient (Wildman–Crippen LogP) is 5.05. The maximum atomic E-state index is 12.9. The summed E-state index contributed by atoms with van der Waals surface area (Å²) in [5.74, 6) is 0.594. The molecule has 2 amide bonds. The number of ether oxygens (including phenoxy) is 2. The predicted molar refractivity (Wildman–Crippen MR) is 143 cm³/mol. The summed E-state index contributed by atoms with van der Waals surface area (Å²) in [7, 11) is 3.07. The number of carbonyl (C=O) groups is 2. The first-order valence-electron chi connectivity index (χ1n) is 11.8. The Morgan fingerprint density at radius 1 is 0.892 bits per heavy atom. The molecule has 0 bridgehead atoms. The lowest BCUT2D eigenvalue weighted by atomic mass is 9.84. The molecule has 37 heavy (non-hydrogen) atoms. The van der Waals surface area contributed by atoms with Crippen LogP contribution < -0.4 is 20.1 Å². The van der Waals surface area contributed by atoms with Gasteiger partial charge in [-0.2, -0.15) is 5.10 Å². The highest BCUT2D eigenvalue weighted by Crippen LogP contribution is 2.29.